The highest BCUT2D eigenvalue weighted by Gasteiger charge is 2.24. The van der Waals surface area contributed by atoms with Gasteiger partial charge in [0.25, 0.3) is 11.8 Å². The molecule has 0 aliphatic heterocycles. The SMILES string of the molecule is Cc1cccc(-c2nc(Nc3cc(C(=O)NC4CC4)ccc3C)sc2C(=O)NCc2ccccc2)c1. The summed E-state index contributed by atoms with van der Waals surface area (Å²) in [5.41, 5.74) is 6.03. The van der Waals surface area contributed by atoms with Gasteiger partial charge in [0, 0.05) is 29.4 Å². The van der Waals surface area contributed by atoms with Gasteiger partial charge in [0.05, 0.1) is 5.69 Å². The molecule has 4 aromatic rings. The Labute approximate surface area is 214 Å². The molecule has 6 nitrogen and oxygen atoms in total. The van der Waals surface area contributed by atoms with Crippen LogP contribution in [0, 0.1) is 13.8 Å². The molecule has 1 aromatic heterocycles. The zero-order valence-electron chi connectivity index (χ0n) is 20.3. The van der Waals surface area contributed by atoms with Gasteiger partial charge in [-0.25, -0.2) is 4.98 Å². The molecule has 36 heavy (non-hydrogen) atoms. The van der Waals surface area contributed by atoms with E-state index in [0.29, 0.717) is 33.9 Å². The smallest absolute Gasteiger partial charge is 0.264 e. The number of nitrogens with zero attached hydrogens (tertiary/aromatic N) is 1. The molecule has 3 N–H and O–H groups in total. The van der Waals surface area contributed by atoms with Gasteiger partial charge < -0.3 is 16.0 Å². The first kappa shape index (κ1) is 23.8. The number of carbonyl (C=O) groups is 2. The third kappa shape index (κ3) is 5.63. The number of hydrogen-bond acceptors (Lipinski definition) is 5. The number of aryl methyl sites for hydroxylation is 2. The van der Waals surface area contributed by atoms with Crippen LogP contribution in [0.1, 0.15) is 49.6 Å². The van der Waals surface area contributed by atoms with E-state index in [1.165, 1.54) is 11.3 Å². The third-order valence-corrected chi connectivity index (χ3v) is 7.04. The molecular formula is C29H28N4O2S. The van der Waals surface area contributed by atoms with Crippen molar-refractivity contribution in [3.8, 4) is 11.3 Å². The van der Waals surface area contributed by atoms with Gasteiger partial charge >= 0.3 is 0 Å². The van der Waals surface area contributed by atoms with Crippen molar-refractivity contribution in [2.45, 2.75) is 39.3 Å². The van der Waals surface area contributed by atoms with Crippen LogP contribution in [0.3, 0.4) is 0 Å². The standard InChI is InChI=1S/C29H28N4O2S/c1-18-7-6-10-21(15-18)25-26(28(35)30-17-20-8-4-3-5-9-20)36-29(33-25)32-24-16-22(12-11-19(24)2)27(34)31-23-13-14-23/h3-12,15-16,23H,13-14,17H2,1-2H3,(H,30,35)(H,31,34)(H,32,33). The first-order chi connectivity index (χ1) is 17.5. The van der Waals surface area contributed by atoms with Crippen molar-refractivity contribution >= 4 is 34.0 Å². The Morgan fingerprint density at radius 1 is 0.944 bits per heavy atom. The van der Waals surface area contributed by atoms with Crippen LogP contribution in [0.5, 0.6) is 0 Å². The summed E-state index contributed by atoms with van der Waals surface area (Å²) in [7, 11) is 0. The largest absolute Gasteiger partial charge is 0.349 e. The van der Waals surface area contributed by atoms with E-state index in [2.05, 4.69) is 16.0 Å². The maximum absolute atomic E-state index is 13.3. The average molecular weight is 497 g/mol. The summed E-state index contributed by atoms with van der Waals surface area (Å²) in [6, 6.07) is 23.7. The van der Waals surface area contributed by atoms with Crippen LogP contribution in [0.2, 0.25) is 0 Å². The fraction of sp³-hybridized carbons (Fsp3) is 0.207. The summed E-state index contributed by atoms with van der Waals surface area (Å²) in [5.74, 6) is -0.240. The van der Waals surface area contributed by atoms with Gasteiger partial charge in [-0.1, -0.05) is 71.5 Å². The minimum absolute atomic E-state index is 0.0684. The number of aromatic nitrogens is 1. The summed E-state index contributed by atoms with van der Waals surface area (Å²) in [4.78, 5) is 31.2. The molecule has 0 saturated heterocycles. The molecule has 1 aliphatic carbocycles. The van der Waals surface area contributed by atoms with Gasteiger partial charge in [-0.05, 0) is 56.0 Å². The highest BCUT2D eigenvalue weighted by atomic mass is 32.1. The number of nitrogens with one attached hydrogen (secondary N) is 3. The van der Waals surface area contributed by atoms with Crippen molar-refractivity contribution in [2.75, 3.05) is 5.32 Å². The topological polar surface area (TPSA) is 83.1 Å². The molecule has 0 spiro atoms. The van der Waals surface area contributed by atoms with Gasteiger partial charge in [0.15, 0.2) is 5.13 Å². The van der Waals surface area contributed by atoms with Crippen LogP contribution in [-0.4, -0.2) is 22.8 Å². The molecule has 0 bridgehead atoms. The van der Waals surface area contributed by atoms with E-state index in [1.54, 1.807) is 0 Å². The van der Waals surface area contributed by atoms with E-state index < -0.39 is 0 Å². The lowest BCUT2D eigenvalue weighted by molar-refractivity contribution is 0.0944. The number of rotatable bonds is 8. The monoisotopic (exact) mass is 496 g/mol. The second-order valence-electron chi connectivity index (χ2n) is 9.14. The molecule has 2 amide bonds. The third-order valence-electron chi connectivity index (χ3n) is 6.07. The number of benzene rings is 3. The quantitative estimate of drug-likeness (QED) is 0.280. The van der Waals surface area contributed by atoms with Crippen molar-refractivity contribution in [3.05, 3.63) is 99.9 Å². The maximum Gasteiger partial charge on any atom is 0.264 e. The highest BCUT2D eigenvalue weighted by Crippen LogP contribution is 2.34. The molecule has 0 unspecified atom stereocenters. The molecule has 1 aliphatic rings. The molecule has 1 heterocycles. The van der Waals surface area contributed by atoms with Gasteiger partial charge in [-0.2, -0.15) is 0 Å². The number of carbonyl (C=O) groups excluding carboxylic acids is 2. The Morgan fingerprint density at radius 3 is 2.50 bits per heavy atom. The van der Waals surface area contributed by atoms with E-state index in [-0.39, 0.29) is 11.8 Å². The van der Waals surface area contributed by atoms with Crippen LogP contribution >= 0.6 is 11.3 Å². The maximum atomic E-state index is 13.3. The average Bonchev–Trinajstić information content (AvgIpc) is 3.60. The summed E-state index contributed by atoms with van der Waals surface area (Å²) >= 11 is 1.31. The van der Waals surface area contributed by atoms with Crippen LogP contribution in [0.25, 0.3) is 11.3 Å². The van der Waals surface area contributed by atoms with Crippen molar-refractivity contribution in [1.29, 1.82) is 0 Å². The van der Waals surface area contributed by atoms with Gasteiger partial charge in [-0.3, -0.25) is 9.59 Å². The molecule has 1 fully saturated rings. The van der Waals surface area contributed by atoms with Crippen LogP contribution in [-0.2, 0) is 6.54 Å². The molecular weight excluding hydrogens is 468 g/mol. The van der Waals surface area contributed by atoms with Crippen LogP contribution < -0.4 is 16.0 Å². The van der Waals surface area contributed by atoms with E-state index in [4.69, 9.17) is 4.98 Å². The van der Waals surface area contributed by atoms with E-state index >= 15 is 0 Å². The lowest BCUT2D eigenvalue weighted by atomic mass is 10.1. The Kier molecular flexibility index (Phi) is 6.82. The van der Waals surface area contributed by atoms with Crippen molar-refractivity contribution in [3.63, 3.8) is 0 Å². The first-order valence-electron chi connectivity index (χ1n) is 12.0. The van der Waals surface area contributed by atoms with E-state index in [1.807, 2.05) is 86.6 Å². The summed E-state index contributed by atoms with van der Waals surface area (Å²) in [6.07, 6.45) is 2.08. The Bertz CT molecular complexity index is 1410. The van der Waals surface area contributed by atoms with Crippen molar-refractivity contribution in [2.24, 2.45) is 0 Å². The lowest BCUT2D eigenvalue weighted by Gasteiger charge is -2.10. The zero-order chi connectivity index (χ0) is 25.1. The Hall–Kier alpha value is -3.97. The van der Waals surface area contributed by atoms with Crippen LogP contribution in [0.15, 0.2) is 72.8 Å². The minimum Gasteiger partial charge on any atom is -0.349 e. The predicted molar refractivity (Wildman–Crippen MR) is 145 cm³/mol. The summed E-state index contributed by atoms with van der Waals surface area (Å²) < 4.78 is 0. The van der Waals surface area contributed by atoms with Crippen LogP contribution in [0.4, 0.5) is 10.8 Å². The predicted octanol–water partition coefficient (Wildman–Crippen LogP) is 5.99. The van der Waals surface area contributed by atoms with Gasteiger partial charge in [0.1, 0.15) is 4.88 Å². The van der Waals surface area contributed by atoms with E-state index in [9.17, 15) is 9.59 Å². The highest BCUT2D eigenvalue weighted by molar-refractivity contribution is 7.18. The van der Waals surface area contributed by atoms with Crippen molar-refractivity contribution in [1.82, 2.24) is 15.6 Å². The number of hydrogen-bond donors (Lipinski definition) is 3. The molecule has 0 atom stereocenters. The van der Waals surface area contributed by atoms with E-state index in [0.717, 1.165) is 40.8 Å². The summed E-state index contributed by atoms with van der Waals surface area (Å²) in [6.45, 7) is 4.43. The molecule has 7 heteroatoms. The second-order valence-corrected chi connectivity index (χ2v) is 10.1. The number of thiazole rings is 1. The zero-order valence-corrected chi connectivity index (χ0v) is 21.1. The fourth-order valence-corrected chi connectivity index (χ4v) is 4.80. The molecule has 5 rings (SSSR count). The van der Waals surface area contributed by atoms with Gasteiger partial charge in [-0.15, -0.1) is 0 Å². The normalized spacial score (nSPS) is 12.7. The summed E-state index contributed by atoms with van der Waals surface area (Å²) in [5, 5.41) is 10.0. The Morgan fingerprint density at radius 2 is 1.75 bits per heavy atom. The fourth-order valence-electron chi connectivity index (χ4n) is 3.88. The Balaban J connectivity index is 1.43. The number of amides is 2. The molecule has 0 radical (unpaired) electrons. The lowest BCUT2D eigenvalue weighted by Crippen LogP contribution is -2.25. The second kappa shape index (κ2) is 10.3. The number of anilines is 2. The molecule has 1 saturated carbocycles. The molecule has 182 valence electrons. The van der Waals surface area contributed by atoms with Crippen molar-refractivity contribution < 1.29 is 9.59 Å². The first-order valence-corrected chi connectivity index (χ1v) is 12.9. The van der Waals surface area contributed by atoms with Gasteiger partial charge in [0.2, 0.25) is 0 Å². The minimum atomic E-state index is -0.171. The molecule has 3 aromatic carbocycles.